The van der Waals surface area contributed by atoms with Crippen LogP contribution in [0.5, 0.6) is 0 Å². The summed E-state index contributed by atoms with van der Waals surface area (Å²) in [6.45, 7) is 1.92. The summed E-state index contributed by atoms with van der Waals surface area (Å²) in [4.78, 5) is 0.244. The van der Waals surface area contributed by atoms with Gasteiger partial charge in [0, 0.05) is 12.5 Å². The molecule has 2 aromatic rings. The number of sulfone groups is 1. The van der Waals surface area contributed by atoms with Crippen LogP contribution in [0.15, 0.2) is 59.5 Å². The van der Waals surface area contributed by atoms with E-state index >= 15 is 0 Å². The summed E-state index contributed by atoms with van der Waals surface area (Å²) in [6, 6.07) is 15.7. The van der Waals surface area contributed by atoms with E-state index in [0.29, 0.717) is 0 Å². The van der Waals surface area contributed by atoms with Crippen molar-refractivity contribution in [2.75, 3.05) is 18.6 Å². The van der Waals surface area contributed by atoms with Crippen molar-refractivity contribution in [3.8, 4) is 0 Å². The average molecular weight is 367 g/mol. The van der Waals surface area contributed by atoms with Gasteiger partial charge in [-0.25, -0.2) is 21.6 Å². The Hall–Kier alpha value is -1.70. The molecule has 0 bridgehead atoms. The number of hydrogen-bond acceptors (Lipinski definition) is 4. The quantitative estimate of drug-likeness (QED) is 0.813. The van der Waals surface area contributed by atoms with Crippen molar-refractivity contribution in [3.63, 3.8) is 0 Å². The Bertz CT molecular complexity index is 874. The minimum absolute atomic E-state index is 0.0357. The summed E-state index contributed by atoms with van der Waals surface area (Å²) in [5.74, 6) is -0.630. The van der Waals surface area contributed by atoms with Crippen LogP contribution in [0.25, 0.3) is 0 Å². The van der Waals surface area contributed by atoms with E-state index in [-0.39, 0.29) is 17.2 Å². The zero-order chi connectivity index (χ0) is 17.8. The third-order valence-electron chi connectivity index (χ3n) is 3.66. The normalized spacial score (nSPS) is 13.6. The lowest BCUT2D eigenvalue weighted by molar-refractivity contribution is 0.570. The third kappa shape index (κ3) is 5.43. The van der Waals surface area contributed by atoms with Crippen LogP contribution in [-0.4, -0.2) is 35.4 Å². The summed E-state index contributed by atoms with van der Waals surface area (Å²) in [5, 5.41) is 0. The molecule has 0 aliphatic carbocycles. The van der Waals surface area contributed by atoms with Crippen LogP contribution in [0.2, 0.25) is 0 Å². The Morgan fingerprint density at radius 1 is 0.917 bits per heavy atom. The van der Waals surface area contributed by atoms with E-state index in [1.165, 1.54) is 0 Å². The monoisotopic (exact) mass is 367 g/mol. The first kappa shape index (κ1) is 18.6. The summed E-state index contributed by atoms with van der Waals surface area (Å²) >= 11 is 0. The average Bonchev–Trinajstić information content (AvgIpc) is 2.52. The Labute approximate surface area is 143 Å². The van der Waals surface area contributed by atoms with Crippen LogP contribution in [0.4, 0.5) is 0 Å². The van der Waals surface area contributed by atoms with Crippen LogP contribution < -0.4 is 4.72 Å². The van der Waals surface area contributed by atoms with Gasteiger partial charge >= 0.3 is 0 Å². The zero-order valence-electron chi connectivity index (χ0n) is 13.6. The van der Waals surface area contributed by atoms with E-state index in [1.807, 2.05) is 13.0 Å². The Kier molecular flexibility index (Phi) is 5.79. The van der Waals surface area contributed by atoms with Crippen molar-refractivity contribution in [1.82, 2.24) is 4.72 Å². The fourth-order valence-corrected chi connectivity index (χ4v) is 4.44. The molecule has 1 atom stereocenters. The molecule has 0 aromatic heterocycles. The van der Waals surface area contributed by atoms with Gasteiger partial charge in [-0.3, -0.25) is 0 Å². The van der Waals surface area contributed by atoms with Gasteiger partial charge in [-0.2, -0.15) is 0 Å². The van der Waals surface area contributed by atoms with Gasteiger partial charge in [0.05, 0.1) is 16.9 Å². The van der Waals surface area contributed by atoms with Gasteiger partial charge in [0.2, 0.25) is 10.0 Å². The maximum atomic E-state index is 12.7. The molecule has 0 aliphatic heterocycles. The second-order valence-electron chi connectivity index (χ2n) is 5.82. The van der Waals surface area contributed by atoms with Crippen molar-refractivity contribution < 1.29 is 16.8 Å². The molecule has 0 aliphatic rings. The lowest BCUT2D eigenvalue weighted by Gasteiger charge is -2.18. The first-order valence-corrected chi connectivity index (χ1v) is 11.0. The number of aryl methyl sites for hydroxylation is 1. The fourth-order valence-electron chi connectivity index (χ4n) is 2.36. The van der Waals surface area contributed by atoms with Gasteiger partial charge in [0.25, 0.3) is 0 Å². The second kappa shape index (κ2) is 7.46. The van der Waals surface area contributed by atoms with Gasteiger partial charge in [-0.15, -0.1) is 0 Å². The minimum Gasteiger partial charge on any atom is -0.224 e. The summed E-state index contributed by atoms with van der Waals surface area (Å²) in [7, 11) is -6.92. The number of benzene rings is 2. The molecule has 2 rings (SSSR count). The summed E-state index contributed by atoms with van der Waals surface area (Å²) in [6.07, 6.45) is 1.06. The Balaban J connectivity index is 2.28. The highest BCUT2D eigenvalue weighted by Crippen LogP contribution is 2.22. The van der Waals surface area contributed by atoms with Crippen LogP contribution in [-0.2, 0) is 19.9 Å². The Morgan fingerprint density at radius 3 is 2.04 bits per heavy atom. The maximum absolute atomic E-state index is 12.7. The first-order chi connectivity index (χ1) is 11.2. The topological polar surface area (TPSA) is 80.3 Å². The molecule has 0 saturated heterocycles. The van der Waals surface area contributed by atoms with Crippen LogP contribution in [0.1, 0.15) is 17.0 Å². The van der Waals surface area contributed by atoms with Gasteiger partial charge in [0.1, 0.15) is 0 Å². The maximum Gasteiger partial charge on any atom is 0.208 e. The van der Waals surface area contributed by atoms with Crippen molar-refractivity contribution in [1.29, 1.82) is 0 Å². The van der Waals surface area contributed by atoms with Crippen LogP contribution in [0, 0.1) is 6.92 Å². The lowest BCUT2D eigenvalue weighted by Crippen LogP contribution is -2.30. The molecule has 7 heteroatoms. The Morgan fingerprint density at radius 2 is 1.50 bits per heavy atom. The first-order valence-electron chi connectivity index (χ1n) is 7.46. The van der Waals surface area contributed by atoms with Crippen molar-refractivity contribution >= 4 is 19.9 Å². The fraction of sp³-hybridized carbons (Fsp3) is 0.294. The molecule has 1 unspecified atom stereocenters. The van der Waals surface area contributed by atoms with Gasteiger partial charge < -0.3 is 0 Å². The predicted molar refractivity (Wildman–Crippen MR) is 95.3 cm³/mol. The highest BCUT2D eigenvalue weighted by atomic mass is 32.2. The summed E-state index contributed by atoms with van der Waals surface area (Å²) < 4.78 is 50.5. The molecular formula is C17H21NO4S2. The minimum atomic E-state index is -3.53. The van der Waals surface area contributed by atoms with E-state index in [4.69, 9.17) is 0 Å². The largest absolute Gasteiger partial charge is 0.224 e. The van der Waals surface area contributed by atoms with Gasteiger partial charge in [0.15, 0.2) is 9.84 Å². The van der Waals surface area contributed by atoms with Crippen molar-refractivity contribution in [3.05, 3.63) is 65.7 Å². The molecule has 0 fully saturated rings. The molecular weight excluding hydrogens is 346 g/mol. The van der Waals surface area contributed by atoms with Gasteiger partial charge in [-0.1, -0.05) is 48.0 Å². The molecule has 1 N–H and O–H groups in total. The number of nitrogens with one attached hydrogen (secondary N) is 1. The molecule has 0 radical (unpaired) electrons. The predicted octanol–water partition coefficient (Wildman–Crippen LogP) is 2.10. The SMILES string of the molecule is Cc1ccc(S(=O)(=O)CC(CNS(C)(=O)=O)c2ccccc2)cc1. The van der Waals surface area contributed by atoms with E-state index in [2.05, 4.69) is 4.72 Å². The lowest BCUT2D eigenvalue weighted by atomic mass is 10.0. The number of rotatable bonds is 7. The smallest absolute Gasteiger partial charge is 0.208 e. The van der Waals surface area contributed by atoms with Crippen molar-refractivity contribution in [2.45, 2.75) is 17.7 Å². The van der Waals surface area contributed by atoms with E-state index in [9.17, 15) is 16.8 Å². The highest BCUT2D eigenvalue weighted by Gasteiger charge is 2.23. The molecule has 0 amide bonds. The molecule has 2 aromatic carbocycles. The van der Waals surface area contributed by atoms with Crippen LogP contribution >= 0.6 is 0 Å². The molecule has 5 nitrogen and oxygen atoms in total. The number of hydrogen-bond donors (Lipinski definition) is 1. The second-order valence-corrected chi connectivity index (χ2v) is 9.69. The molecule has 0 heterocycles. The summed E-state index contributed by atoms with van der Waals surface area (Å²) in [5.41, 5.74) is 1.76. The third-order valence-corrected chi connectivity index (χ3v) is 6.19. The molecule has 0 spiro atoms. The van der Waals surface area contributed by atoms with Crippen molar-refractivity contribution in [2.24, 2.45) is 0 Å². The van der Waals surface area contributed by atoms with Crippen LogP contribution in [0.3, 0.4) is 0 Å². The van der Waals surface area contributed by atoms with E-state index in [1.54, 1.807) is 48.5 Å². The molecule has 24 heavy (non-hydrogen) atoms. The molecule has 130 valence electrons. The standard InChI is InChI=1S/C17H21NO4S2/c1-14-8-10-17(11-9-14)24(21,22)13-16(12-18-23(2,19)20)15-6-4-3-5-7-15/h3-11,16,18H,12-13H2,1-2H3. The van der Waals surface area contributed by atoms with Gasteiger partial charge in [-0.05, 0) is 24.6 Å². The number of sulfonamides is 1. The molecule has 0 saturated carbocycles. The van der Waals surface area contributed by atoms with E-state index in [0.717, 1.165) is 17.4 Å². The zero-order valence-corrected chi connectivity index (χ0v) is 15.3. The highest BCUT2D eigenvalue weighted by molar-refractivity contribution is 7.91. The van der Waals surface area contributed by atoms with E-state index < -0.39 is 25.8 Å².